The first-order valence-corrected chi connectivity index (χ1v) is 10.1. The summed E-state index contributed by atoms with van der Waals surface area (Å²) in [6.07, 6.45) is 1.09. The second kappa shape index (κ2) is 9.65. The van der Waals surface area contributed by atoms with Crippen molar-refractivity contribution in [1.29, 1.82) is 0 Å². The number of benzene rings is 2. The highest BCUT2D eigenvalue weighted by Gasteiger charge is 2.25. The first kappa shape index (κ1) is 21.0. The fourth-order valence-electron chi connectivity index (χ4n) is 3.84. The van der Waals surface area contributed by atoms with Crippen molar-refractivity contribution in [2.45, 2.75) is 32.9 Å². The number of methoxy groups -OCH3 is 2. The average Bonchev–Trinajstić information content (AvgIpc) is 2.73. The summed E-state index contributed by atoms with van der Waals surface area (Å²) >= 11 is 0. The summed E-state index contributed by atoms with van der Waals surface area (Å²) in [5.41, 5.74) is 9.87. The zero-order valence-corrected chi connectivity index (χ0v) is 17.8. The predicted octanol–water partition coefficient (Wildman–Crippen LogP) is 3.51. The lowest BCUT2D eigenvalue weighted by molar-refractivity contribution is 0.145. The van der Waals surface area contributed by atoms with Gasteiger partial charge in [0.2, 0.25) is 0 Å². The predicted molar refractivity (Wildman–Crippen MR) is 119 cm³/mol. The van der Waals surface area contributed by atoms with Crippen LogP contribution in [0.2, 0.25) is 0 Å². The van der Waals surface area contributed by atoms with Gasteiger partial charge in [-0.2, -0.15) is 0 Å². The SMILES string of the molecule is COc1ccc(NC(N)=NCC(C(C)C)N2CCc3ccccc3C2)cc1OC. The van der Waals surface area contributed by atoms with E-state index in [9.17, 15) is 0 Å². The maximum Gasteiger partial charge on any atom is 0.193 e. The Morgan fingerprint density at radius 2 is 1.83 bits per heavy atom. The molecule has 1 unspecified atom stereocenters. The molecule has 0 aliphatic carbocycles. The summed E-state index contributed by atoms with van der Waals surface area (Å²) in [7, 11) is 3.23. The van der Waals surface area contributed by atoms with Crippen LogP contribution in [0.15, 0.2) is 47.5 Å². The number of guanidine groups is 1. The molecule has 0 saturated carbocycles. The van der Waals surface area contributed by atoms with Gasteiger partial charge in [-0.15, -0.1) is 0 Å². The molecule has 0 spiro atoms. The summed E-state index contributed by atoms with van der Waals surface area (Å²) in [4.78, 5) is 7.17. The van der Waals surface area contributed by atoms with E-state index in [0.29, 0.717) is 36.0 Å². The van der Waals surface area contributed by atoms with Gasteiger partial charge in [0.05, 0.1) is 20.8 Å². The van der Waals surface area contributed by atoms with Crippen LogP contribution >= 0.6 is 0 Å². The second-order valence-electron chi connectivity index (χ2n) is 7.72. The number of nitrogens with zero attached hydrogens (tertiary/aromatic N) is 2. The molecular formula is C23H32N4O2. The Balaban J connectivity index is 1.66. The zero-order chi connectivity index (χ0) is 20.8. The van der Waals surface area contributed by atoms with Crippen molar-refractivity contribution in [3.05, 3.63) is 53.6 Å². The van der Waals surface area contributed by atoms with E-state index < -0.39 is 0 Å². The maximum atomic E-state index is 6.17. The van der Waals surface area contributed by atoms with Gasteiger partial charge in [-0.25, -0.2) is 0 Å². The molecule has 0 radical (unpaired) electrons. The molecule has 0 amide bonds. The van der Waals surface area contributed by atoms with E-state index in [2.05, 4.69) is 53.3 Å². The van der Waals surface area contributed by atoms with Crippen molar-refractivity contribution in [1.82, 2.24) is 4.90 Å². The number of hydrogen-bond acceptors (Lipinski definition) is 4. The number of rotatable bonds is 7. The molecule has 1 aliphatic rings. The van der Waals surface area contributed by atoms with Crippen molar-refractivity contribution in [2.75, 3.05) is 32.6 Å². The average molecular weight is 397 g/mol. The van der Waals surface area contributed by atoms with Crippen LogP contribution in [0.4, 0.5) is 5.69 Å². The topological polar surface area (TPSA) is 72.1 Å². The Hall–Kier alpha value is -2.73. The number of nitrogens with two attached hydrogens (primary N) is 1. The van der Waals surface area contributed by atoms with E-state index in [4.69, 9.17) is 15.2 Å². The van der Waals surface area contributed by atoms with Gasteiger partial charge in [0.15, 0.2) is 17.5 Å². The molecule has 1 heterocycles. The fourth-order valence-corrected chi connectivity index (χ4v) is 3.84. The molecule has 2 aromatic carbocycles. The smallest absolute Gasteiger partial charge is 0.193 e. The summed E-state index contributed by atoms with van der Waals surface area (Å²) in [6, 6.07) is 14.6. The van der Waals surface area contributed by atoms with Crippen LogP contribution in [0.25, 0.3) is 0 Å². The van der Waals surface area contributed by atoms with E-state index in [1.165, 1.54) is 11.1 Å². The van der Waals surface area contributed by atoms with Crippen LogP contribution in [0.3, 0.4) is 0 Å². The molecule has 6 heteroatoms. The van der Waals surface area contributed by atoms with Gasteiger partial charge >= 0.3 is 0 Å². The molecule has 29 heavy (non-hydrogen) atoms. The molecule has 0 bridgehead atoms. The lowest BCUT2D eigenvalue weighted by atomic mass is 9.95. The summed E-state index contributed by atoms with van der Waals surface area (Å²) in [5, 5.41) is 3.15. The van der Waals surface area contributed by atoms with Gasteiger partial charge in [0.1, 0.15) is 0 Å². The molecule has 6 nitrogen and oxygen atoms in total. The Kier molecular flexibility index (Phi) is 6.99. The minimum Gasteiger partial charge on any atom is -0.493 e. The van der Waals surface area contributed by atoms with Crippen LogP contribution in [0.5, 0.6) is 11.5 Å². The summed E-state index contributed by atoms with van der Waals surface area (Å²) < 4.78 is 10.6. The largest absolute Gasteiger partial charge is 0.493 e. The number of fused-ring (bicyclic) bond motifs is 1. The molecule has 1 aliphatic heterocycles. The summed E-state index contributed by atoms with van der Waals surface area (Å²) in [5.74, 6) is 2.22. The lowest BCUT2D eigenvalue weighted by Gasteiger charge is -2.37. The molecule has 0 fully saturated rings. The molecule has 0 saturated heterocycles. The van der Waals surface area contributed by atoms with Gasteiger partial charge in [-0.1, -0.05) is 38.1 Å². The molecule has 3 rings (SSSR count). The molecular weight excluding hydrogens is 364 g/mol. The third kappa shape index (κ3) is 5.21. The molecule has 0 aromatic heterocycles. The minimum absolute atomic E-state index is 0.342. The maximum absolute atomic E-state index is 6.17. The first-order valence-electron chi connectivity index (χ1n) is 10.1. The van der Waals surface area contributed by atoms with Gasteiger partial charge in [-0.05, 0) is 35.6 Å². The van der Waals surface area contributed by atoms with E-state index in [1.54, 1.807) is 14.2 Å². The minimum atomic E-state index is 0.342. The van der Waals surface area contributed by atoms with Crippen molar-refractivity contribution in [2.24, 2.45) is 16.6 Å². The van der Waals surface area contributed by atoms with Crippen molar-refractivity contribution in [3.8, 4) is 11.5 Å². The molecule has 1 atom stereocenters. The normalized spacial score (nSPS) is 15.7. The number of nitrogens with one attached hydrogen (secondary N) is 1. The van der Waals surface area contributed by atoms with Gasteiger partial charge in [0, 0.05) is 30.9 Å². The highest BCUT2D eigenvalue weighted by atomic mass is 16.5. The molecule has 156 valence electrons. The van der Waals surface area contributed by atoms with Crippen LogP contribution in [0.1, 0.15) is 25.0 Å². The molecule has 3 N–H and O–H groups in total. The standard InChI is InChI=1S/C23H32N4O2/c1-16(2)20(27-12-11-17-7-5-6-8-18(17)15-27)14-25-23(24)26-19-9-10-21(28-3)22(13-19)29-4/h5-10,13,16,20H,11-12,14-15H2,1-4H3,(H3,24,25,26). The van der Waals surface area contributed by atoms with Crippen LogP contribution < -0.4 is 20.5 Å². The third-order valence-corrected chi connectivity index (χ3v) is 5.50. The zero-order valence-electron chi connectivity index (χ0n) is 17.8. The number of hydrogen-bond donors (Lipinski definition) is 2. The van der Waals surface area contributed by atoms with Crippen molar-refractivity contribution >= 4 is 11.6 Å². The van der Waals surface area contributed by atoms with E-state index >= 15 is 0 Å². The van der Waals surface area contributed by atoms with E-state index in [-0.39, 0.29) is 0 Å². The molecule has 2 aromatic rings. The third-order valence-electron chi connectivity index (χ3n) is 5.50. The Morgan fingerprint density at radius 3 is 2.52 bits per heavy atom. The number of anilines is 1. The van der Waals surface area contributed by atoms with Crippen LogP contribution in [0, 0.1) is 5.92 Å². The fraction of sp³-hybridized carbons (Fsp3) is 0.435. The number of aliphatic imine (C=N–C) groups is 1. The lowest BCUT2D eigenvalue weighted by Crippen LogP contribution is -2.44. The van der Waals surface area contributed by atoms with Crippen LogP contribution in [-0.2, 0) is 13.0 Å². The Bertz CT molecular complexity index is 851. The van der Waals surface area contributed by atoms with E-state index in [0.717, 1.165) is 25.2 Å². The summed E-state index contributed by atoms with van der Waals surface area (Å²) in [6.45, 7) is 7.18. The number of ether oxygens (including phenoxy) is 2. The van der Waals surface area contributed by atoms with Gasteiger partial charge in [0.25, 0.3) is 0 Å². The monoisotopic (exact) mass is 396 g/mol. The van der Waals surface area contributed by atoms with Crippen LogP contribution in [-0.4, -0.2) is 44.2 Å². The Labute approximate surface area is 173 Å². The highest BCUT2D eigenvalue weighted by molar-refractivity contribution is 5.92. The van der Waals surface area contributed by atoms with Gasteiger partial charge in [-0.3, -0.25) is 9.89 Å². The second-order valence-corrected chi connectivity index (χ2v) is 7.72. The van der Waals surface area contributed by atoms with Gasteiger partial charge < -0.3 is 20.5 Å². The highest BCUT2D eigenvalue weighted by Crippen LogP contribution is 2.29. The van der Waals surface area contributed by atoms with E-state index in [1.807, 2.05) is 18.2 Å². The van der Waals surface area contributed by atoms with Crippen molar-refractivity contribution in [3.63, 3.8) is 0 Å². The quantitative estimate of drug-likeness (QED) is 0.553. The Morgan fingerprint density at radius 1 is 1.10 bits per heavy atom. The first-order chi connectivity index (χ1) is 14.0. The van der Waals surface area contributed by atoms with Crippen molar-refractivity contribution < 1.29 is 9.47 Å².